The van der Waals surface area contributed by atoms with Crippen LogP contribution in [0.25, 0.3) is 10.6 Å². The van der Waals surface area contributed by atoms with Crippen LogP contribution in [0.1, 0.15) is 17.7 Å². The molecule has 0 aliphatic carbocycles. The number of hydrogen-bond acceptors (Lipinski definition) is 4. The van der Waals surface area contributed by atoms with Gasteiger partial charge in [-0.3, -0.25) is 9.59 Å². The number of nitrogens with zero attached hydrogens (tertiary/aromatic N) is 1. The lowest BCUT2D eigenvalue weighted by Crippen LogP contribution is -2.41. The fourth-order valence-electron chi connectivity index (χ4n) is 2.22. The Kier molecular flexibility index (Phi) is 4.40. The summed E-state index contributed by atoms with van der Waals surface area (Å²) in [6.45, 7) is 0.413. The molecule has 1 aliphatic rings. The molecule has 1 atom stereocenters. The average molecular weight is 336 g/mol. The molecule has 1 aromatic heterocycles. The normalized spacial score (nSPS) is 17.3. The van der Waals surface area contributed by atoms with Crippen molar-refractivity contribution in [3.05, 3.63) is 40.4 Å². The van der Waals surface area contributed by atoms with E-state index in [4.69, 9.17) is 11.6 Å². The highest BCUT2D eigenvalue weighted by Crippen LogP contribution is 2.26. The molecule has 0 radical (unpaired) electrons. The van der Waals surface area contributed by atoms with E-state index < -0.39 is 6.04 Å². The standard InChI is InChI=1S/C15H14ClN3O2S/c16-10-3-1-9(2-4-10)15-18-8-11(22-15)7-17-14(21)12-5-6-13(20)19-12/h1-4,8,12H,5-7H2,(H,17,21)(H,19,20)/t12-/m1/s1. The van der Waals surface area contributed by atoms with Crippen molar-refractivity contribution >= 4 is 34.8 Å². The summed E-state index contributed by atoms with van der Waals surface area (Å²) in [5.74, 6) is -0.213. The quantitative estimate of drug-likeness (QED) is 0.901. The van der Waals surface area contributed by atoms with Crippen LogP contribution in [0.4, 0.5) is 0 Å². The van der Waals surface area contributed by atoms with Crippen molar-refractivity contribution in [2.75, 3.05) is 0 Å². The number of benzene rings is 1. The number of carbonyl (C=O) groups is 2. The predicted octanol–water partition coefficient (Wildman–Crippen LogP) is 2.36. The van der Waals surface area contributed by atoms with Gasteiger partial charge in [-0.2, -0.15) is 0 Å². The van der Waals surface area contributed by atoms with Crippen LogP contribution in [0.15, 0.2) is 30.5 Å². The third-order valence-corrected chi connectivity index (χ3v) is 4.69. The number of aromatic nitrogens is 1. The predicted molar refractivity (Wildman–Crippen MR) is 85.6 cm³/mol. The monoisotopic (exact) mass is 335 g/mol. The molecule has 0 unspecified atom stereocenters. The third-order valence-electron chi connectivity index (χ3n) is 3.39. The van der Waals surface area contributed by atoms with Crippen molar-refractivity contribution in [1.29, 1.82) is 0 Å². The fraction of sp³-hybridized carbons (Fsp3) is 0.267. The second-order valence-corrected chi connectivity index (χ2v) is 6.57. The molecule has 1 fully saturated rings. The van der Waals surface area contributed by atoms with Crippen molar-refractivity contribution in [3.8, 4) is 10.6 Å². The Morgan fingerprint density at radius 2 is 2.18 bits per heavy atom. The van der Waals surface area contributed by atoms with Gasteiger partial charge in [-0.15, -0.1) is 11.3 Å². The molecule has 2 N–H and O–H groups in total. The van der Waals surface area contributed by atoms with Gasteiger partial charge in [0.25, 0.3) is 0 Å². The van der Waals surface area contributed by atoms with Gasteiger partial charge in [0.2, 0.25) is 11.8 Å². The molecule has 0 spiro atoms. The van der Waals surface area contributed by atoms with E-state index in [2.05, 4.69) is 15.6 Å². The van der Waals surface area contributed by atoms with Gasteiger partial charge >= 0.3 is 0 Å². The molecule has 1 aromatic carbocycles. The average Bonchev–Trinajstić information content (AvgIpc) is 3.15. The van der Waals surface area contributed by atoms with E-state index in [-0.39, 0.29) is 11.8 Å². The van der Waals surface area contributed by atoms with Crippen LogP contribution in [0.3, 0.4) is 0 Å². The molecule has 0 saturated carbocycles. The molecule has 114 valence electrons. The van der Waals surface area contributed by atoms with E-state index in [1.54, 1.807) is 6.20 Å². The summed E-state index contributed by atoms with van der Waals surface area (Å²) in [6, 6.07) is 7.07. The number of hydrogen-bond donors (Lipinski definition) is 2. The minimum absolute atomic E-state index is 0.0667. The van der Waals surface area contributed by atoms with Crippen molar-refractivity contribution < 1.29 is 9.59 Å². The zero-order chi connectivity index (χ0) is 15.5. The van der Waals surface area contributed by atoms with Gasteiger partial charge in [-0.1, -0.05) is 23.7 Å². The lowest BCUT2D eigenvalue weighted by Gasteiger charge is -2.09. The molecule has 7 heteroatoms. The molecule has 5 nitrogen and oxygen atoms in total. The molecule has 2 heterocycles. The summed E-state index contributed by atoms with van der Waals surface area (Å²) in [4.78, 5) is 28.3. The Balaban J connectivity index is 1.59. The van der Waals surface area contributed by atoms with Gasteiger partial charge in [0, 0.05) is 28.1 Å². The van der Waals surface area contributed by atoms with Crippen LogP contribution in [0.5, 0.6) is 0 Å². The lowest BCUT2D eigenvalue weighted by molar-refractivity contribution is -0.125. The number of nitrogens with one attached hydrogen (secondary N) is 2. The van der Waals surface area contributed by atoms with E-state index >= 15 is 0 Å². The summed E-state index contributed by atoms with van der Waals surface area (Å²) in [6.07, 6.45) is 2.73. The van der Waals surface area contributed by atoms with Gasteiger partial charge in [0.15, 0.2) is 0 Å². The second-order valence-electron chi connectivity index (χ2n) is 5.02. The maximum Gasteiger partial charge on any atom is 0.242 e. The first kappa shape index (κ1) is 15.0. The minimum atomic E-state index is -0.406. The highest BCUT2D eigenvalue weighted by molar-refractivity contribution is 7.15. The summed E-state index contributed by atoms with van der Waals surface area (Å²) in [5.41, 5.74) is 0.995. The van der Waals surface area contributed by atoms with Crippen molar-refractivity contribution in [3.63, 3.8) is 0 Å². The molecule has 2 amide bonds. The summed E-state index contributed by atoms with van der Waals surface area (Å²) < 4.78 is 0. The molecule has 2 aromatic rings. The molecule has 1 saturated heterocycles. The van der Waals surface area contributed by atoms with Gasteiger partial charge in [0.05, 0.1) is 6.54 Å². The molecule has 1 aliphatic heterocycles. The smallest absolute Gasteiger partial charge is 0.242 e. The third kappa shape index (κ3) is 3.45. The van der Waals surface area contributed by atoms with Crippen molar-refractivity contribution in [2.24, 2.45) is 0 Å². The highest BCUT2D eigenvalue weighted by atomic mass is 35.5. The van der Waals surface area contributed by atoms with E-state index in [0.717, 1.165) is 15.4 Å². The Morgan fingerprint density at radius 3 is 2.86 bits per heavy atom. The van der Waals surface area contributed by atoms with Crippen LogP contribution in [-0.2, 0) is 16.1 Å². The number of halogens is 1. The minimum Gasteiger partial charge on any atom is -0.349 e. The van der Waals surface area contributed by atoms with Gasteiger partial charge in [0.1, 0.15) is 11.0 Å². The maximum absolute atomic E-state index is 11.9. The van der Waals surface area contributed by atoms with Crippen LogP contribution < -0.4 is 10.6 Å². The Morgan fingerprint density at radius 1 is 1.41 bits per heavy atom. The van der Waals surface area contributed by atoms with Gasteiger partial charge < -0.3 is 10.6 Å². The van der Waals surface area contributed by atoms with Crippen molar-refractivity contribution in [1.82, 2.24) is 15.6 Å². The number of thiazole rings is 1. The summed E-state index contributed by atoms with van der Waals surface area (Å²) in [5, 5.41) is 7.05. The Bertz CT molecular complexity index is 699. The zero-order valence-corrected chi connectivity index (χ0v) is 13.2. The summed E-state index contributed by atoms with van der Waals surface area (Å²) in [7, 11) is 0. The molecule has 3 rings (SSSR count). The molecule has 22 heavy (non-hydrogen) atoms. The largest absolute Gasteiger partial charge is 0.349 e. The second kappa shape index (κ2) is 6.46. The highest BCUT2D eigenvalue weighted by Gasteiger charge is 2.26. The molecule has 0 bridgehead atoms. The van der Waals surface area contributed by atoms with Crippen molar-refractivity contribution in [2.45, 2.75) is 25.4 Å². The van der Waals surface area contributed by atoms with Gasteiger partial charge in [-0.25, -0.2) is 4.98 Å². The first-order valence-corrected chi connectivity index (χ1v) is 8.09. The van der Waals surface area contributed by atoms with E-state index in [0.29, 0.717) is 24.4 Å². The van der Waals surface area contributed by atoms with Crippen LogP contribution >= 0.6 is 22.9 Å². The van der Waals surface area contributed by atoms with Crippen LogP contribution in [0, 0.1) is 0 Å². The number of amides is 2. The summed E-state index contributed by atoms with van der Waals surface area (Å²) >= 11 is 7.39. The number of rotatable bonds is 4. The maximum atomic E-state index is 11.9. The topological polar surface area (TPSA) is 71.1 Å². The zero-order valence-electron chi connectivity index (χ0n) is 11.6. The SMILES string of the molecule is O=C1CC[C@H](C(=O)NCc2cnc(-c3ccc(Cl)cc3)s2)N1. The van der Waals surface area contributed by atoms with E-state index in [1.807, 2.05) is 24.3 Å². The Hall–Kier alpha value is -1.92. The first-order valence-electron chi connectivity index (χ1n) is 6.89. The van der Waals surface area contributed by atoms with Crippen LogP contribution in [0.2, 0.25) is 5.02 Å². The fourth-order valence-corrected chi connectivity index (χ4v) is 3.21. The first-order chi connectivity index (χ1) is 10.6. The lowest BCUT2D eigenvalue weighted by atomic mass is 10.2. The van der Waals surface area contributed by atoms with Crippen LogP contribution in [-0.4, -0.2) is 22.8 Å². The molecular weight excluding hydrogens is 322 g/mol. The number of carbonyl (C=O) groups excluding carboxylic acids is 2. The van der Waals surface area contributed by atoms with Gasteiger partial charge in [-0.05, 0) is 18.6 Å². The van der Waals surface area contributed by atoms with E-state index in [9.17, 15) is 9.59 Å². The van der Waals surface area contributed by atoms with E-state index in [1.165, 1.54) is 11.3 Å². The molecular formula is C15H14ClN3O2S. The Labute approximate surface area is 136 Å².